The summed E-state index contributed by atoms with van der Waals surface area (Å²) in [5.41, 5.74) is 0. The van der Waals surface area contributed by atoms with Gasteiger partial charge >= 0.3 is 7.32 Å². The standard InChI is InChI=1S/C8H16BF2O3/c10-5-1-3-7-13-9(12)14-8-4-2-6-11/h1-8H2. The van der Waals surface area contributed by atoms with Crippen molar-refractivity contribution < 1.29 is 23.1 Å². The van der Waals surface area contributed by atoms with Gasteiger partial charge < -0.3 is 9.31 Å². The van der Waals surface area contributed by atoms with Gasteiger partial charge in [0.05, 0.1) is 13.3 Å². The first kappa shape index (κ1) is 13.8. The molecule has 0 heterocycles. The molecule has 0 saturated heterocycles. The van der Waals surface area contributed by atoms with E-state index in [-0.39, 0.29) is 13.2 Å². The topological polar surface area (TPSA) is 38.4 Å². The number of alkyl halides is 2. The Labute approximate surface area is 83.6 Å². The fourth-order valence-corrected chi connectivity index (χ4v) is 0.800. The van der Waals surface area contributed by atoms with E-state index in [1.807, 2.05) is 0 Å². The third-order valence-corrected chi connectivity index (χ3v) is 1.56. The monoisotopic (exact) mass is 209 g/mol. The predicted molar refractivity (Wildman–Crippen MR) is 48.8 cm³/mol. The molecule has 1 radical (unpaired) electrons. The van der Waals surface area contributed by atoms with Crippen LogP contribution in [0.4, 0.5) is 8.78 Å². The second-order valence-corrected chi connectivity index (χ2v) is 2.82. The van der Waals surface area contributed by atoms with Crippen molar-refractivity contribution in [2.75, 3.05) is 26.6 Å². The minimum absolute atomic E-state index is 0.210. The second kappa shape index (κ2) is 10.9. The molecule has 0 aliphatic heterocycles. The molecule has 83 valence electrons. The van der Waals surface area contributed by atoms with Crippen molar-refractivity contribution in [1.82, 2.24) is 0 Å². The average molecular weight is 209 g/mol. The Morgan fingerprint density at radius 1 is 0.857 bits per heavy atom. The number of hydrogen-bond donors (Lipinski definition) is 0. The number of unbranched alkanes of at least 4 members (excludes halogenated alkanes) is 2. The second-order valence-electron chi connectivity index (χ2n) is 2.82. The Bertz CT molecular complexity index is 107. The molecule has 0 amide bonds. The Morgan fingerprint density at radius 2 is 1.29 bits per heavy atom. The smallest absolute Gasteiger partial charge is 0.384 e. The molecule has 0 aliphatic rings. The summed E-state index contributed by atoms with van der Waals surface area (Å²) in [5.74, 6) is 0. The largest absolute Gasteiger partial charge is 0.666 e. The zero-order chi connectivity index (χ0) is 10.6. The van der Waals surface area contributed by atoms with Crippen LogP contribution < -0.4 is 0 Å². The van der Waals surface area contributed by atoms with Crippen LogP contribution in [0.3, 0.4) is 0 Å². The summed E-state index contributed by atoms with van der Waals surface area (Å²) in [6.45, 7) is -0.378. The van der Waals surface area contributed by atoms with Crippen LogP contribution in [-0.4, -0.2) is 33.9 Å². The molecule has 0 aliphatic carbocycles. The van der Waals surface area contributed by atoms with Crippen molar-refractivity contribution in [3.8, 4) is 0 Å². The first-order chi connectivity index (χ1) is 6.81. The fraction of sp³-hybridized carbons (Fsp3) is 1.00. The lowest BCUT2D eigenvalue weighted by Crippen LogP contribution is -2.22. The quantitative estimate of drug-likeness (QED) is 0.407. The van der Waals surface area contributed by atoms with Gasteiger partial charge in [-0.3, -0.25) is 8.78 Å². The van der Waals surface area contributed by atoms with Gasteiger partial charge in [-0.2, -0.15) is 0 Å². The lowest BCUT2D eigenvalue weighted by molar-refractivity contribution is 0.104. The number of rotatable bonds is 10. The molecule has 0 bridgehead atoms. The SMILES string of the molecule is [O]B(OCCCCF)OCCCCF. The number of halogens is 2. The van der Waals surface area contributed by atoms with Crippen LogP contribution >= 0.6 is 0 Å². The molecule has 0 aromatic rings. The lowest BCUT2D eigenvalue weighted by atomic mass is 10.2. The summed E-state index contributed by atoms with van der Waals surface area (Å²) < 4.78 is 32.6. The van der Waals surface area contributed by atoms with Gasteiger partial charge in [0.2, 0.25) is 0 Å². The maximum absolute atomic E-state index is 11.6. The van der Waals surface area contributed by atoms with E-state index in [1.165, 1.54) is 0 Å². The molecule has 0 N–H and O–H groups in total. The minimum Gasteiger partial charge on any atom is -0.384 e. The van der Waals surface area contributed by atoms with E-state index < -0.39 is 20.7 Å². The number of hydrogen-bond acceptors (Lipinski definition) is 2. The van der Waals surface area contributed by atoms with E-state index in [1.54, 1.807) is 0 Å². The molecule has 0 rings (SSSR count). The molecular formula is C8H16BF2O3. The van der Waals surface area contributed by atoms with Crippen molar-refractivity contribution in [2.24, 2.45) is 0 Å². The zero-order valence-corrected chi connectivity index (χ0v) is 8.21. The van der Waals surface area contributed by atoms with E-state index in [9.17, 15) is 13.8 Å². The zero-order valence-electron chi connectivity index (χ0n) is 8.21. The van der Waals surface area contributed by atoms with Gasteiger partial charge in [0.1, 0.15) is 0 Å². The fourth-order valence-electron chi connectivity index (χ4n) is 0.800. The maximum Gasteiger partial charge on any atom is 0.666 e. The van der Waals surface area contributed by atoms with Gasteiger partial charge in [0.25, 0.3) is 0 Å². The van der Waals surface area contributed by atoms with Gasteiger partial charge in [0, 0.05) is 13.2 Å². The average Bonchev–Trinajstić information content (AvgIpc) is 2.19. The Morgan fingerprint density at radius 3 is 1.64 bits per heavy atom. The van der Waals surface area contributed by atoms with Crippen LogP contribution in [0.25, 0.3) is 0 Å². The molecule has 0 fully saturated rings. The highest BCUT2D eigenvalue weighted by Gasteiger charge is 2.16. The molecule has 14 heavy (non-hydrogen) atoms. The van der Waals surface area contributed by atoms with Crippen LogP contribution in [0, 0.1) is 0 Å². The van der Waals surface area contributed by atoms with Crippen molar-refractivity contribution in [3.05, 3.63) is 0 Å². The molecule has 0 spiro atoms. The summed E-state index contributed by atoms with van der Waals surface area (Å²) in [4.78, 5) is 0. The van der Waals surface area contributed by atoms with Gasteiger partial charge in [0.15, 0.2) is 0 Å². The summed E-state index contributed by atoms with van der Waals surface area (Å²) in [6.07, 6.45) is 1.83. The van der Waals surface area contributed by atoms with E-state index in [0.29, 0.717) is 25.7 Å². The van der Waals surface area contributed by atoms with Crippen LogP contribution in [0.2, 0.25) is 0 Å². The van der Waals surface area contributed by atoms with Crippen molar-refractivity contribution in [1.29, 1.82) is 0 Å². The van der Waals surface area contributed by atoms with Crippen LogP contribution in [0.1, 0.15) is 25.7 Å². The van der Waals surface area contributed by atoms with E-state index in [4.69, 9.17) is 0 Å². The van der Waals surface area contributed by atoms with Crippen molar-refractivity contribution in [2.45, 2.75) is 25.7 Å². The third kappa shape index (κ3) is 9.89. The normalized spacial score (nSPS) is 10.5. The maximum atomic E-state index is 11.6. The van der Waals surface area contributed by atoms with Gasteiger partial charge in [-0.25, -0.2) is 5.02 Å². The summed E-state index contributed by atoms with van der Waals surface area (Å²) in [7, 11) is -1.52. The summed E-state index contributed by atoms with van der Waals surface area (Å²) >= 11 is 0. The van der Waals surface area contributed by atoms with E-state index in [2.05, 4.69) is 9.31 Å². The first-order valence-electron chi connectivity index (χ1n) is 4.82. The van der Waals surface area contributed by atoms with Gasteiger partial charge in [-0.05, 0) is 25.7 Å². The third-order valence-electron chi connectivity index (χ3n) is 1.56. The molecule has 3 nitrogen and oxygen atoms in total. The first-order valence-corrected chi connectivity index (χ1v) is 4.82. The van der Waals surface area contributed by atoms with Crippen molar-refractivity contribution in [3.63, 3.8) is 0 Å². The highest BCUT2D eigenvalue weighted by molar-refractivity contribution is 6.34. The predicted octanol–water partition coefficient (Wildman–Crippen LogP) is 1.93. The molecule has 0 saturated carbocycles. The molecule has 0 unspecified atom stereocenters. The lowest BCUT2D eigenvalue weighted by Gasteiger charge is -2.06. The van der Waals surface area contributed by atoms with Gasteiger partial charge in [-0.15, -0.1) is 0 Å². The Kier molecular flexibility index (Phi) is 10.7. The van der Waals surface area contributed by atoms with E-state index in [0.717, 1.165) is 0 Å². The Balaban J connectivity index is 3.07. The van der Waals surface area contributed by atoms with Crippen molar-refractivity contribution >= 4 is 7.32 Å². The molecule has 0 aromatic carbocycles. The summed E-state index contributed by atoms with van der Waals surface area (Å²) in [6, 6.07) is 0. The molecular weight excluding hydrogens is 193 g/mol. The van der Waals surface area contributed by atoms with Gasteiger partial charge in [-0.1, -0.05) is 0 Å². The minimum atomic E-state index is -1.52. The molecule has 0 atom stereocenters. The van der Waals surface area contributed by atoms with Crippen LogP contribution in [-0.2, 0) is 14.3 Å². The van der Waals surface area contributed by atoms with E-state index >= 15 is 0 Å². The Hall–Kier alpha value is -0.195. The molecule has 0 aromatic heterocycles. The highest BCUT2D eigenvalue weighted by Crippen LogP contribution is 1.96. The summed E-state index contributed by atoms with van der Waals surface area (Å²) in [5, 5.41) is 10.8. The van der Waals surface area contributed by atoms with Crippen LogP contribution in [0.15, 0.2) is 0 Å². The van der Waals surface area contributed by atoms with Crippen LogP contribution in [0.5, 0.6) is 0 Å². The highest BCUT2D eigenvalue weighted by atomic mass is 19.1. The molecule has 6 heteroatoms.